The van der Waals surface area contributed by atoms with Gasteiger partial charge in [0.05, 0.1) is 36.6 Å². The Bertz CT molecular complexity index is 1920. The van der Waals surface area contributed by atoms with E-state index in [1.807, 2.05) is 48.8 Å². The van der Waals surface area contributed by atoms with Gasteiger partial charge in [-0.1, -0.05) is 0 Å². The Labute approximate surface area is 255 Å². The number of imidazole rings is 1. The minimum atomic E-state index is -3.29. The van der Waals surface area contributed by atoms with Gasteiger partial charge in [0.15, 0.2) is 9.84 Å². The summed E-state index contributed by atoms with van der Waals surface area (Å²) in [6.45, 7) is 0. The van der Waals surface area contributed by atoms with Gasteiger partial charge in [-0.05, 0) is 66.2 Å². The van der Waals surface area contributed by atoms with Crippen LogP contribution in [0.2, 0.25) is 0 Å². The van der Waals surface area contributed by atoms with Crippen molar-refractivity contribution < 1.29 is 22.7 Å². The zero-order chi connectivity index (χ0) is 31.6. The second-order valence-corrected chi connectivity index (χ2v) is 12.2. The SMILES string of the molecule is COc1cc(CC(=O)Nc2nc3cc(N(C)c4ccnc(N(C)c5ccc(S(C)(=O)=O)cc5)n4)ccc3n2C)cc(OC)c1. The molecule has 0 bridgehead atoms. The van der Waals surface area contributed by atoms with E-state index in [0.29, 0.717) is 34.7 Å². The number of carbonyl (C=O) groups excluding carboxylic acids is 1. The van der Waals surface area contributed by atoms with Crippen molar-refractivity contribution >= 4 is 55.9 Å². The van der Waals surface area contributed by atoms with Crippen LogP contribution < -0.4 is 24.6 Å². The summed E-state index contributed by atoms with van der Waals surface area (Å²) < 4.78 is 36.1. The number of carbonyl (C=O) groups is 1. The van der Waals surface area contributed by atoms with Crippen molar-refractivity contribution in [3.63, 3.8) is 0 Å². The first-order valence-corrected chi connectivity index (χ1v) is 15.4. The number of hydrogen-bond acceptors (Lipinski definition) is 10. The number of sulfone groups is 1. The summed E-state index contributed by atoms with van der Waals surface area (Å²) >= 11 is 0. The monoisotopic (exact) mass is 615 g/mol. The van der Waals surface area contributed by atoms with Crippen LogP contribution in [0.15, 0.2) is 77.8 Å². The number of fused-ring (bicyclic) bond motifs is 1. The molecule has 1 amide bonds. The first-order valence-electron chi connectivity index (χ1n) is 13.6. The first-order chi connectivity index (χ1) is 21.0. The number of methoxy groups -OCH3 is 2. The van der Waals surface area contributed by atoms with Gasteiger partial charge < -0.3 is 23.8 Å². The van der Waals surface area contributed by atoms with Crippen LogP contribution in [0.5, 0.6) is 11.5 Å². The van der Waals surface area contributed by atoms with Crippen LogP contribution >= 0.6 is 0 Å². The Balaban J connectivity index is 1.34. The van der Waals surface area contributed by atoms with Gasteiger partial charge >= 0.3 is 0 Å². The van der Waals surface area contributed by atoms with Crippen molar-refractivity contribution in [1.82, 2.24) is 19.5 Å². The number of amides is 1. The summed E-state index contributed by atoms with van der Waals surface area (Å²) in [4.78, 5) is 30.7. The van der Waals surface area contributed by atoms with E-state index >= 15 is 0 Å². The van der Waals surface area contributed by atoms with Gasteiger partial charge in [0.2, 0.25) is 17.8 Å². The van der Waals surface area contributed by atoms with Gasteiger partial charge in [-0.25, -0.2) is 18.4 Å². The van der Waals surface area contributed by atoms with Crippen molar-refractivity contribution in [2.75, 3.05) is 49.7 Å². The predicted octanol–water partition coefficient (Wildman–Crippen LogP) is 4.50. The molecule has 0 radical (unpaired) electrons. The van der Waals surface area contributed by atoms with Crippen LogP contribution in [-0.2, 0) is 28.1 Å². The number of nitrogens with zero attached hydrogens (tertiary/aromatic N) is 6. The molecular formula is C31H33N7O5S. The van der Waals surface area contributed by atoms with Gasteiger partial charge in [0.25, 0.3) is 0 Å². The quantitative estimate of drug-likeness (QED) is 0.240. The lowest BCUT2D eigenvalue weighted by Crippen LogP contribution is -2.17. The van der Waals surface area contributed by atoms with Crippen LogP contribution in [0, 0.1) is 0 Å². The Morgan fingerprint density at radius 1 is 0.886 bits per heavy atom. The van der Waals surface area contributed by atoms with Crippen molar-refractivity contribution in [1.29, 1.82) is 0 Å². The summed E-state index contributed by atoms with van der Waals surface area (Å²) in [6.07, 6.45) is 2.96. The first kappa shape index (κ1) is 30.3. The number of rotatable bonds is 10. The fraction of sp³-hybridized carbons (Fsp3) is 0.226. The molecule has 44 heavy (non-hydrogen) atoms. The largest absolute Gasteiger partial charge is 0.497 e. The number of benzene rings is 3. The molecule has 5 aromatic rings. The fourth-order valence-corrected chi connectivity index (χ4v) is 5.31. The normalized spacial score (nSPS) is 11.3. The molecule has 0 saturated carbocycles. The minimum Gasteiger partial charge on any atom is -0.497 e. The van der Waals surface area contributed by atoms with Crippen molar-refractivity contribution in [2.45, 2.75) is 11.3 Å². The molecule has 0 aliphatic heterocycles. The highest BCUT2D eigenvalue weighted by molar-refractivity contribution is 7.90. The molecule has 2 heterocycles. The third-order valence-electron chi connectivity index (χ3n) is 7.20. The number of ether oxygens (including phenoxy) is 2. The van der Waals surface area contributed by atoms with Crippen molar-refractivity contribution in [3.8, 4) is 11.5 Å². The summed E-state index contributed by atoms with van der Waals surface area (Å²) in [5.41, 5.74) is 3.88. The lowest BCUT2D eigenvalue weighted by Gasteiger charge is -2.22. The smallest absolute Gasteiger partial charge is 0.231 e. The summed E-state index contributed by atoms with van der Waals surface area (Å²) in [6, 6.07) is 19.5. The van der Waals surface area contributed by atoms with E-state index < -0.39 is 9.84 Å². The van der Waals surface area contributed by atoms with Gasteiger partial charge in [-0.2, -0.15) is 4.98 Å². The molecule has 1 N–H and O–H groups in total. The molecule has 13 heteroatoms. The van der Waals surface area contributed by atoms with E-state index in [-0.39, 0.29) is 17.2 Å². The van der Waals surface area contributed by atoms with Crippen molar-refractivity contribution in [3.05, 3.63) is 78.5 Å². The predicted molar refractivity (Wildman–Crippen MR) is 170 cm³/mol. The van der Waals surface area contributed by atoms with E-state index in [1.54, 1.807) is 73.8 Å². The highest BCUT2D eigenvalue weighted by Crippen LogP contribution is 2.29. The number of aromatic nitrogens is 4. The molecule has 2 aromatic heterocycles. The Morgan fingerprint density at radius 3 is 2.18 bits per heavy atom. The number of nitrogens with one attached hydrogen (secondary N) is 1. The molecule has 0 atom stereocenters. The molecule has 12 nitrogen and oxygen atoms in total. The molecule has 0 aliphatic carbocycles. The average molecular weight is 616 g/mol. The Morgan fingerprint density at radius 2 is 1.55 bits per heavy atom. The summed E-state index contributed by atoms with van der Waals surface area (Å²) in [5, 5.41) is 2.91. The molecule has 3 aromatic carbocycles. The number of aryl methyl sites for hydroxylation is 1. The standard InChI is InChI=1S/C31H33N7O5S/c1-36(28-13-14-32-30(34-28)37(2)21-7-10-25(11-8-21)44(6,40)41)22-9-12-27-26(18-22)33-31(38(27)3)35-29(39)17-20-15-23(42-4)19-24(16-20)43-5/h7-16,18-19H,17H2,1-6H3,(H,33,35,39). The molecule has 0 unspecified atom stereocenters. The molecule has 0 spiro atoms. The second kappa shape index (κ2) is 12.2. The Kier molecular flexibility index (Phi) is 8.41. The van der Waals surface area contributed by atoms with Crippen LogP contribution in [0.3, 0.4) is 0 Å². The Hall–Kier alpha value is -5.17. The summed E-state index contributed by atoms with van der Waals surface area (Å²) in [5.74, 6) is 2.51. The maximum Gasteiger partial charge on any atom is 0.231 e. The molecule has 228 valence electrons. The lowest BCUT2D eigenvalue weighted by molar-refractivity contribution is -0.115. The van der Waals surface area contributed by atoms with Crippen molar-refractivity contribution in [2.24, 2.45) is 7.05 Å². The zero-order valence-electron chi connectivity index (χ0n) is 25.3. The van der Waals surface area contributed by atoms with E-state index in [1.165, 1.54) is 6.26 Å². The van der Waals surface area contributed by atoms with E-state index in [9.17, 15) is 13.2 Å². The van der Waals surface area contributed by atoms with Crippen LogP contribution in [0.25, 0.3) is 11.0 Å². The molecule has 0 saturated heterocycles. The average Bonchev–Trinajstić information content (AvgIpc) is 3.33. The number of hydrogen-bond donors (Lipinski definition) is 1. The topological polar surface area (TPSA) is 132 Å². The molecule has 0 fully saturated rings. The van der Waals surface area contributed by atoms with E-state index in [2.05, 4.69) is 15.3 Å². The summed E-state index contributed by atoms with van der Waals surface area (Å²) in [7, 11) is 5.39. The van der Waals surface area contributed by atoms with Crippen LogP contribution in [0.4, 0.5) is 29.1 Å². The van der Waals surface area contributed by atoms with Crippen LogP contribution in [0.1, 0.15) is 5.56 Å². The minimum absolute atomic E-state index is 0.122. The zero-order valence-corrected chi connectivity index (χ0v) is 26.1. The third-order valence-corrected chi connectivity index (χ3v) is 8.33. The van der Waals surface area contributed by atoms with Gasteiger partial charge in [0.1, 0.15) is 17.3 Å². The lowest BCUT2D eigenvalue weighted by atomic mass is 10.1. The van der Waals surface area contributed by atoms with Gasteiger partial charge in [-0.15, -0.1) is 0 Å². The van der Waals surface area contributed by atoms with Crippen LogP contribution in [-0.4, -0.2) is 68.4 Å². The number of anilines is 5. The fourth-order valence-electron chi connectivity index (χ4n) is 4.68. The van der Waals surface area contributed by atoms with Gasteiger partial charge in [-0.3, -0.25) is 10.1 Å². The molecule has 5 rings (SSSR count). The molecular weight excluding hydrogens is 582 g/mol. The van der Waals surface area contributed by atoms with E-state index in [0.717, 1.165) is 22.5 Å². The van der Waals surface area contributed by atoms with E-state index in [4.69, 9.17) is 14.5 Å². The highest BCUT2D eigenvalue weighted by Gasteiger charge is 2.16. The van der Waals surface area contributed by atoms with Gasteiger partial charge in [0, 0.05) is 51.0 Å². The highest BCUT2D eigenvalue weighted by atomic mass is 32.2. The maximum atomic E-state index is 12.9. The second-order valence-electron chi connectivity index (χ2n) is 10.2. The maximum absolute atomic E-state index is 12.9. The molecule has 0 aliphatic rings. The third kappa shape index (κ3) is 6.42.